The first-order valence-corrected chi connectivity index (χ1v) is 5.04. The van der Waals surface area contributed by atoms with E-state index >= 15 is 0 Å². The highest BCUT2D eigenvalue weighted by Crippen LogP contribution is 2.29. The van der Waals surface area contributed by atoms with Gasteiger partial charge < -0.3 is 10.8 Å². The maximum absolute atomic E-state index is 10.8. The first kappa shape index (κ1) is 10.5. The maximum atomic E-state index is 10.8. The largest absolute Gasteiger partial charge is 0.480 e. The van der Waals surface area contributed by atoms with Gasteiger partial charge in [0.2, 0.25) is 0 Å². The molecule has 1 atom stereocenters. The molecule has 0 aromatic heterocycles. The van der Waals surface area contributed by atoms with Crippen LogP contribution in [0.3, 0.4) is 0 Å². The lowest BCUT2D eigenvalue weighted by atomic mass is 9.80. The van der Waals surface area contributed by atoms with E-state index in [0.717, 1.165) is 12.8 Å². The van der Waals surface area contributed by atoms with E-state index in [-0.39, 0.29) is 0 Å². The van der Waals surface area contributed by atoms with E-state index in [1.165, 1.54) is 19.3 Å². The molecule has 1 unspecified atom stereocenters. The molecule has 0 aliphatic heterocycles. The topological polar surface area (TPSA) is 63.3 Å². The second-order valence-electron chi connectivity index (χ2n) is 4.43. The van der Waals surface area contributed by atoms with Crippen LogP contribution in [0.5, 0.6) is 0 Å². The van der Waals surface area contributed by atoms with Crippen molar-refractivity contribution in [3.8, 4) is 0 Å². The van der Waals surface area contributed by atoms with Crippen molar-refractivity contribution < 1.29 is 9.90 Å². The second-order valence-corrected chi connectivity index (χ2v) is 4.43. The third kappa shape index (κ3) is 2.99. The van der Waals surface area contributed by atoms with Gasteiger partial charge in [-0.25, -0.2) is 0 Å². The summed E-state index contributed by atoms with van der Waals surface area (Å²) in [7, 11) is 0. The molecule has 1 fully saturated rings. The number of hydrogen-bond acceptors (Lipinski definition) is 2. The highest BCUT2D eigenvalue weighted by Gasteiger charge is 2.31. The first-order valence-electron chi connectivity index (χ1n) is 5.04. The van der Waals surface area contributed by atoms with Gasteiger partial charge >= 0.3 is 5.97 Å². The number of carboxylic acids is 1. The lowest BCUT2D eigenvalue weighted by Gasteiger charge is -2.28. The third-order valence-electron chi connectivity index (χ3n) is 2.93. The molecule has 3 N–H and O–H groups in total. The first-order chi connectivity index (χ1) is 6.02. The molecule has 0 saturated heterocycles. The Labute approximate surface area is 79.3 Å². The molecule has 0 aromatic rings. The predicted octanol–water partition coefficient (Wildman–Crippen LogP) is 1.76. The monoisotopic (exact) mass is 185 g/mol. The average Bonchev–Trinajstić information content (AvgIpc) is 2.05. The molecule has 76 valence electrons. The van der Waals surface area contributed by atoms with Gasteiger partial charge in [0.05, 0.1) is 0 Å². The fraction of sp³-hybridized carbons (Fsp3) is 0.900. The summed E-state index contributed by atoms with van der Waals surface area (Å²) in [6, 6.07) is 0. The van der Waals surface area contributed by atoms with Gasteiger partial charge in [-0.2, -0.15) is 0 Å². The van der Waals surface area contributed by atoms with E-state index in [2.05, 4.69) is 0 Å². The minimum atomic E-state index is -1.03. The third-order valence-corrected chi connectivity index (χ3v) is 2.93. The Kier molecular flexibility index (Phi) is 3.31. The van der Waals surface area contributed by atoms with Crippen LogP contribution in [0.1, 0.15) is 45.4 Å². The molecule has 0 radical (unpaired) electrons. The van der Waals surface area contributed by atoms with Gasteiger partial charge in [-0.15, -0.1) is 0 Å². The number of carboxylic acid groups (broad SMARTS) is 1. The number of aliphatic carboxylic acids is 1. The van der Waals surface area contributed by atoms with Crippen LogP contribution >= 0.6 is 0 Å². The van der Waals surface area contributed by atoms with Crippen molar-refractivity contribution in [2.24, 2.45) is 11.7 Å². The number of hydrogen-bond donors (Lipinski definition) is 2. The van der Waals surface area contributed by atoms with Crippen LogP contribution in [0.25, 0.3) is 0 Å². The number of rotatable bonds is 3. The van der Waals surface area contributed by atoms with E-state index in [1.807, 2.05) is 0 Å². The zero-order chi connectivity index (χ0) is 9.90. The minimum Gasteiger partial charge on any atom is -0.480 e. The number of nitrogens with two attached hydrogens (primary N) is 1. The predicted molar refractivity (Wildman–Crippen MR) is 51.4 cm³/mol. The fourth-order valence-electron chi connectivity index (χ4n) is 2.08. The summed E-state index contributed by atoms with van der Waals surface area (Å²) < 4.78 is 0. The van der Waals surface area contributed by atoms with Gasteiger partial charge in [-0.1, -0.05) is 32.1 Å². The summed E-state index contributed by atoms with van der Waals surface area (Å²) in [5.74, 6) is -0.349. The van der Waals surface area contributed by atoms with E-state index in [1.54, 1.807) is 6.92 Å². The fourth-order valence-corrected chi connectivity index (χ4v) is 2.08. The number of carbonyl (C=O) groups is 1. The summed E-state index contributed by atoms with van der Waals surface area (Å²) in [5, 5.41) is 8.85. The van der Waals surface area contributed by atoms with E-state index in [4.69, 9.17) is 10.8 Å². The average molecular weight is 185 g/mol. The van der Waals surface area contributed by atoms with Crippen molar-refractivity contribution in [1.82, 2.24) is 0 Å². The molecule has 0 spiro atoms. The Morgan fingerprint density at radius 3 is 2.46 bits per heavy atom. The van der Waals surface area contributed by atoms with Crippen LogP contribution in [0.4, 0.5) is 0 Å². The van der Waals surface area contributed by atoms with Gasteiger partial charge in [-0.05, 0) is 19.3 Å². The normalized spacial score (nSPS) is 23.8. The van der Waals surface area contributed by atoms with Crippen molar-refractivity contribution in [3.05, 3.63) is 0 Å². The lowest BCUT2D eigenvalue weighted by Crippen LogP contribution is -2.46. The van der Waals surface area contributed by atoms with Crippen molar-refractivity contribution in [3.63, 3.8) is 0 Å². The van der Waals surface area contributed by atoms with Crippen LogP contribution in [0.2, 0.25) is 0 Å². The molecule has 13 heavy (non-hydrogen) atoms. The summed E-state index contributed by atoms with van der Waals surface area (Å²) in [4.78, 5) is 10.8. The van der Waals surface area contributed by atoms with Gasteiger partial charge in [0, 0.05) is 0 Å². The van der Waals surface area contributed by atoms with Gasteiger partial charge in [0.1, 0.15) is 5.54 Å². The van der Waals surface area contributed by atoms with Crippen LogP contribution < -0.4 is 5.73 Å². The summed E-state index contributed by atoms with van der Waals surface area (Å²) in [6.07, 6.45) is 6.70. The van der Waals surface area contributed by atoms with Gasteiger partial charge in [-0.3, -0.25) is 4.79 Å². The summed E-state index contributed by atoms with van der Waals surface area (Å²) in [6.45, 7) is 1.62. The second kappa shape index (κ2) is 4.09. The van der Waals surface area contributed by atoms with E-state index in [9.17, 15) is 4.79 Å². The SMILES string of the molecule is CC(N)(CC1CCCCC1)C(=O)O. The molecular weight excluding hydrogens is 166 g/mol. The molecule has 1 aliphatic rings. The molecule has 0 heterocycles. The lowest BCUT2D eigenvalue weighted by molar-refractivity contribution is -0.143. The maximum Gasteiger partial charge on any atom is 0.323 e. The molecule has 1 saturated carbocycles. The zero-order valence-corrected chi connectivity index (χ0v) is 8.25. The molecule has 0 bridgehead atoms. The Bertz CT molecular complexity index is 183. The quantitative estimate of drug-likeness (QED) is 0.704. The van der Waals surface area contributed by atoms with Crippen molar-refractivity contribution in [2.75, 3.05) is 0 Å². The van der Waals surface area contributed by atoms with Crippen LogP contribution in [-0.4, -0.2) is 16.6 Å². The molecule has 3 heteroatoms. The smallest absolute Gasteiger partial charge is 0.323 e. The molecule has 1 rings (SSSR count). The highest BCUT2D eigenvalue weighted by atomic mass is 16.4. The van der Waals surface area contributed by atoms with Crippen LogP contribution in [0, 0.1) is 5.92 Å². The highest BCUT2D eigenvalue weighted by molar-refractivity contribution is 5.77. The molecule has 3 nitrogen and oxygen atoms in total. The standard InChI is InChI=1S/C10H19NO2/c1-10(11,9(12)13)7-8-5-3-2-4-6-8/h8H,2-7,11H2,1H3,(H,12,13). The summed E-state index contributed by atoms with van der Waals surface area (Å²) >= 11 is 0. The molecular formula is C10H19NO2. The Morgan fingerprint density at radius 1 is 1.46 bits per heavy atom. The van der Waals surface area contributed by atoms with Gasteiger partial charge in [0.15, 0.2) is 0 Å². The zero-order valence-electron chi connectivity index (χ0n) is 8.25. The molecule has 0 amide bonds. The molecule has 0 aromatic carbocycles. The van der Waals surface area contributed by atoms with Crippen molar-refractivity contribution in [2.45, 2.75) is 51.0 Å². The Balaban J connectivity index is 2.41. The van der Waals surface area contributed by atoms with Crippen LogP contribution in [0.15, 0.2) is 0 Å². The van der Waals surface area contributed by atoms with E-state index in [0.29, 0.717) is 12.3 Å². The van der Waals surface area contributed by atoms with Crippen molar-refractivity contribution in [1.29, 1.82) is 0 Å². The summed E-state index contributed by atoms with van der Waals surface area (Å²) in [5.41, 5.74) is 4.67. The minimum absolute atomic E-state index is 0.528. The Morgan fingerprint density at radius 2 is 2.00 bits per heavy atom. The van der Waals surface area contributed by atoms with Gasteiger partial charge in [0.25, 0.3) is 0 Å². The van der Waals surface area contributed by atoms with Crippen molar-refractivity contribution >= 4 is 5.97 Å². The van der Waals surface area contributed by atoms with Crippen LogP contribution in [-0.2, 0) is 4.79 Å². The Hall–Kier alpha value is -0.570. The molecule has 1 aliphatic carbocycles. The van der Waals surface area contributed by atoms with E-state index < -0.39 is 11.5 Å².